The maximum absolute atomic E-state index is 11.3. The van der Waals surface area contributed by atoms with E-state index in [1.54, 1.807) is 13.2 Å². The van der Waals surface area contributed by atoms with Crippen LogP contribution < -0.4 is 5.32 Å². The van der Waals surface area contributed by atoms with Crippen LogP contribution in [-0.4, -0.2) is 30.8 Å². The van der Waals surface area contributed by atoms with E-state index in [9.17, 15) is 9.90 Å². The summed E-state index contributed by atoms with van der Waals surface area (Å²) < 4.78 is 10.4. The largest absolute Gasteiger partial charge is 0.475 e. The first kappa shape index (κ1) is 14.6. The summed E-state index contributed by atoms with van der Waals surface area (Å²) in [5, 5.41) is 13.4. The number of ether oxygens (including phenoxy) is 1. The molecule has 1 aromatic carbocycles. The Kier molecular flexibility index (Phi) is 4.76. The first-order valence-corrected chi connectivity index (χ1v) is 6.59. The fraction of sp³-hybridized carbons (Fsp3) is 0.400. The molecule has 0 radical (unpaired) electrons. The standard InChI is InChI=1S/C15H19NO4/c1-10(7-8-19-2)16-9-12-11-5-3-4-6-13(11)20-14(12)15(17)18/h3-6,10,16H,7-9H2,1-2H3,(H,17,18). The molecule has 5 nitrogen and oxygen atoms in total. The number of hydrogen-bond donors (Lipinski definition) is 2. The predicted octanol–water partition coefficient (Wildman–Crippen LogP) is 2.65. The molecule has 0 saturated carbocycles. The van der Waals surface area contributed by atoms with Crippen molar-refractivity contribution in [3.8, 4) is 0 Å². The summed E-state index contributed by atoms with van der Waals surface area (Å²) in [4.78, 5) is 11.3. The maximum atomic E-state index is 11.3. The van der Waals surface area contributed by atoms with E-state index >= 15 is 0 Å². The number of aromatic carboxylic acids is 1. The van der Waals surface area contributed by atoms with Gasteiger partial charge in [-0.1, -0.05) is 18.2 Å². The quantitative estimate of drug-likeness (QED) is 0.814. The number of methoxy groups -OCH3 is 1. The molecular formula is C15H19NO4. The highest BCUT2D eigenvalue weighted by Gasteiger charge is 2.19. The molecule has 1 atom stereocenters. The minimum Gasteiger partial charge on any atom is -0.475 e. The van der Waals surface area contributed by atoms with Crippen molar-refractivity contribution in [3.05, 3.63) is 35.6 Å². The number of nitrogens with one attached hydrogen (secondary N) is 1. The zero-order valence-corrected chi connectivity index (χ0v) is 11.7. The summed E-state index contributed by atoms with van der Waals surface area (Å²) in [6.45, 7) is 3.18. The van der Waals surface area contributed by atoms with E-state index in [1.807, 2.05) is 25.1 Å². The molecule has 108 valence electrons. The molecule has 0 aliphatic rings. The molecule has 20 heavy (non-hydrogen) atoms. The van der Waals surface area contributed by atoms with Crippen LogP contribution in [0.2, 0.25) is 0 Å². The van der Waals surface area contributed by atoms with Crippen molar-refractivity contribution in [1.82, 2.24) is 5.32 Å². The minimum atomic E-state index is -1.04. The van der Waals surface area contributed by atoms with Gasteiger partial charge in [-0.15, -0.1) is 0 Å². The molecule has 0 fully saturated rings. The average molecular weight is 277 g/mol. The summed E-state index contributed by atoms with van der Waals surface area (Å²) in [6.07, 6.45) is 0.870. The molecule has 1 heterocycles. The van der Waals surface area contributed by atoms with E-state index < -0.39 is 5.97 Å². The monoisotopic (exact) mass is 277 g/mol. The number of rotatable bonds is 7. The molecular weight excluding hydrogens is 258 g/mol. The molecule has 2 rings (SSSR count). The molecule has 0 bridgehead atoms. The van der Waals surface area contributed by atoms with Crippen LogP contribution in [0.1, 0.15) is 29.5 Å². The Morgan fingerprint density at radius 3 is 2.90 bits per heavy atom. The number of para-hydroxylation sites is 1. The lowest BCUT2D eigenvalue weighted by Gasteiger charge is -2.12. The molecule has 1 unspecified atom stereocenters. The van der Waals surface area contributed by atoms with Crippen LogP contribution in [0.5, 0.6) is 0 Å². The molecule has 0 aliphatic heterocycles. The number of carboxylic acids is 1. The Morgan fingerprint density at radius 1 is 1.45 bits per heavy atom. The van der Waals surface area contributed by atoms with Crippen LogP contribution in [0.15, 0.2) is 28.7 Å². The second kappa shape index (κ2) is 6.54. The number of carboxylic acid groups (broad SMARTS) is 1. The van der Waals surface area contributed by atoms with Crippen molar-refractivity contribution in [2.75, 3.05) is 13.7 Å². The van der Waals surface area contributed by atoms with E-state index in [0.29, 0.717) is 24.3 Å². The molecule has 2 aromatic rings. The van der Waals surface area contributed by atoms with Crippen LogP contribution in [0.25, 0.3) is 11.0 Å². The van der Waals surface area contributed by atoms with Crippen LogP contribution in [-0.2, 0) is 11.3 Å². The average Bonchev–Trinajstić information content (AvgIpc) is 2.82. The lowest BCUT2D eigenvalue weighted by atomic mass is 10.1. The first-order chi connectivity index (χ1) is 9.63. The number of furan rings is 1. The second-order valence-electron chi connectivity index (χ2n) is 4.77. The van der Waals surface area contributed by atoms with Crippen LogP contribution in [0, 0.1) is 0 Å². The molecule has 0 amide bonds. The fourth-order valence-corrected chi connectivity index (χ4v) is 2.12. The zero-order chi connectivity index (χ0) is 14.5. The Balaban J connectivity index is 2.19. The Labute approximate surface area is 117 Å². The summed E-state index contributed by atoms with van der Waals surface area (Å²) in [5.41, 5.74) is 1.30. The number of carbonyl (C=O) groups is 1. The summed E-state index contributed by atoms with van der Waals surface area (Å²) in [5.74, 6) is -1.03. The van der Waals surface area contributed by atoms with Gasteiger partial charge in [-0.3, -0.25) is 0 Å². The maximum Gasteiger partial charge on any atom is 0.372 e. The van der Waals surface area contributed by atoms with Gasteiger partial charge in [0.05, 0.1) is 0 Å². The highest BCUT2D eigenvalue weighted by atomic mass is 16.5. The van der Waals surface area contributed by atoms with Crippen LogP contribution >= 0.6 is 0 Å². The molecule has 1 aromatic heterocycles. The van der Waals surface area contributed by atoms with Gasteiger partial charge >= 0.3 is 5.97 Å². The fourth-order valence-electron chi connectivity index (χ4n) is 2.12. The van der Waals surface area contributed by atoms with E-state index in [1.165, 1.54) is 0 Å². The third kappa shape index (κ3) is 3.18. The summed E-state index contributed by atoms with van der Waals surface area (Å²) in [7, 11) is 1.67. The van der Waals surface area contributed by atoms with Gasteiger partial charge in [-0.25, -0.2) is 4.79 Å². The van der Waals surface area contributed by atoms with Gasteiger partial charge in [-0.05, 0) is 19.4 Å². The Morgan fingerprint density at radius 2 is 2.20 bits per heavy atom. The van der Waals surface area contributed by atoms with Crippen molar-refractivity contribution < 1.29 is 19.1 Å². The SMILES string of the molecule is COCCC(C)NCc1c(C(=O)O)oc2ccccc12. The third-order valence-corrected chi connectivity index (χ3v) is 3.27. The van der Waals surface area contributed by atoms with Crippen molar-refractivity contribution in [1.29, 1.82) is 0 Å². The van der Waals surface area contributed by atoms with Crippen molar-refractivity contribution in [3.63, 3.8) is 0 Å². The van der Waals surface area contributed by atoms with Crippen molar-refractivity contribution in [2.24, 2.45) is 0 Å². The van der Waals surface area contributed by atoms with Gasteiger partial charge in [0.1, 0.15) is 5.58 Å². The third-order valence-electron chi connectivity index (χ3n) is 3.27. The van der Waals surface area contributed by atoms with Crippen LogP contribution in [0.3, 0.4) is 0 Å². The van der Waals surface area contributed by atoms with Crippen LogP contribution in [0.4, 0.5) is 0 Å². The van der Waals surface area contributed by atoms with Gasteiger partial charge in [0.2, 0.25) is 5.76 Å². The smallest absolute Gasteiger partial charge is 0.372 e. The normalized spacial score (nSPS) is 12.7. The van der Waals surface area contributed by atoms with Gasteiger partial charge in [-0.2, -0.15) is 0 Å². The highest BCUT2D eigenvalue weighted by Crippen LogP contribution is 2.25. The second-order valence-corrected chi connectivity index (χ2v) is 4.77. The topological polar surface area (TPSA) is 71.7 Å². The van der Waals surface area contributed by atoms with E-state index in [4.69, 9.17) is 9.15 Å². The molecule has 0 aliphatic carbocycles. The summed E-state index contributed by atoms with van der Waals surface area (Å²) in [6, 6.07) is 7.60. The number of hydrogen-bond acceptors (Lipinski definition) is 4. The highest BCUT2D eigenvalue weighted by molar-refractivity contribution is 5.95. The minimum absolute atomic E-state index is 0.0117. The van der Waals surface area contributed by atoms with E-state index in [-0.39, 0.29) is 11.8 Å². The van der Waals surface area contributed by atoms with E-state index in [2.05, 4.69) is 5.32 Å². The van der Waals surface area contributed by atoms with Crippen molar-refractivity contribution in [2.45, 2.75) is 25.9 Å². The summed E-state index contributed by atoms with van der Waals surface area (Å²) >= 11 is 0. The van der Waals surface area contributed by atoms with Gasteiger partial charge in [0, 0.05) is 37.3 Å². The lowest BCUT2D eigenvalue weighted by Crippen LogP contribution is -2.27. The zero-order valence-electron chi connectivity index (χ0n) is 11.7. The molecule has 0 saturated heterocycles. The van der Waals surface area contributed by atoms with Crippen molar-refractivity contribution >= 4 is 16.9 Å². The lowest BCUT2D eigenvalue weighted by molar-refractivity contribution is 0.0663. The first-order valence-electron chi connectivity index (χ1n) is 6.59. The Hall–Kier alpha value is -1.85. The molecule has 2 N–H and O–H groups in total. The number of fused-ring (bicyclic) bond motifs is 1. The van der Waals surface area contributed by atoms with Gasteiger partial charge < -0.3 is 19.6 Å². The molecule has 5 heteroatoms. The van der Waals surface area contributed by atoms with E-state index in [0.717, 1.165) is 11.8 Å². The molecule has 0 spiro atoms. The Bertz CT molecular complexity index is 591. The number of benzene rings is 1. The van der Waals surface area contributed by atoms with Gasteiger partial charge in [0.15, 0.2) is 0 Å². The van der Waals surface area contributed by atoms with Gasteiger partial charge in [0.25, 0.3) is 0 Å². The predicted molar refractivity (Wildman–Crippen MR) is 76.0 cm³/mol.